The number of piperazine rings is 1. The molecule has 212 valence electrons. The number of rotatable bonds is 7. The number of likely N-dealkylation sites (tertiary alicyclic amines) is 3. The van der Waals surface area contributed by atoms with Crippen LogP contribution in [0.4, 0.5) is 4.79 Å². The largest absolute Gasteiger partial charge is 0.444 e. The van der Waals surface area contributed by atoms with E-state index in [4.69, 9.17) is 9.88 Å². The fourth-order valence-corrected chi connectivity index (χ4v) is 6.31. The average molecular weight is 561 g/mol. The van der Waals surface area contributed by atoms with Crippen molar-refractivity contribution < 1.29 is 27.5 Å². The zero-order chi connectivity index (χ0) is 28.7. The molecule has 13 heteroatoms. The Kier molecular flexibility index (Phi) is 7.93. The molecule has 0 aromatic heterocycles. The molecule has 3 fully saturated rings. The number of carbonyl (C=O) groups excluding carboxylic acids is 3. The number of benzene rings is 1. The summed E-state index contributed by atoms with van der Waals surface area (Å²) in [5.74, 6) is -0.496. The van der Waals surface area contributed by atoms with Gasteiger partial charge in [-0.15, -0.1) is 0 Å². The molecular formula is C26H36N6O6S. The summed E-state index contributed by atoms with van der Waals surface area (Å²) >= 11 is 0. The van der Waals surface area contributed by atoms with Gasteiger partial charge in [0.1, 0.15) is 17.7 Å². The molecule has 0 spiro atoms. The standard InChI is InChI=1S/C26H36N6O6S/c1-16(17-7-5-9-20(11-17)39(28,36)37)32-19-12-22(24(32)34)30(14-19)15-21(29-25(35)38-26(2,3)4)23(33)31-10-6-8-18(31)13-27/h5,7,9,11,16,18-19,21-22H,6,8,10,12,14-15H2,1-4H3,(H,29,35)(H2,28,36,37)/t16-,18-,19-,21-,22-/m0/s1. The van der Waals surface area contributed by atoms with Crippen LogP contribution in [0.25, 0.3) is 0 Å². The summed E-state index contributed by atoms with van der Waals surface area (Å²) in [5.41, 5.74) is -0.106. The average Bonchev–Trinajstić information content (AvgIpc) is 3.55. The predicted molar refractivity (Wildman–Crippen MR) is 140 cm³/mol. The molecule has 0 unspecified atom stereocenters. The number of nitrogens with two attached hydrogens (primary N) is 1. The van der Waals surface area contributed by atoms with Crippen LogP contribution in [-0.4, -0.2) is 90.4 Å². The van der Waals surface area contributed by atoms with Crippen molar-refractivity contribution in [1.82, 2.24) is 20.0 Å². The van der Waals surface area contributed by atoms with Gasteiger partial charge in [-0.05, 0) is 64.7 Å². The Morgan fingerprint density at radius 3 is 2.64 bits per heavy atom. The van der Waals surface area contributed by atoms with E-state index >= 15 is 0 Å². The summed E-state index contributed by atoms with van der Waals surface area (Å²) in [7, 11) is -3.88. The van der Waals surface area contributed by atoms with E-state index in [1.807, 2.05) is 11.8 Å². The van der Waals surface area contributed by atoms with Gasteiger partial charge in [0.25, 0.3) is 0 Å². The van der Waals surface area contributed by atoms with Crippen molar-refractivity contribution in [3.8, 4) is 6.07 Å². The maximum atomic E-state index is 13.5. The highest BCUT2D eigenvalue weighted by Gasteiger charge is 2.52. The summed E-state index contributed by atoms with van der Waals surface area (Å²) in [5, 5.41) is 17.5. The number of alkyl carbamates (subject to hydrolysis) is 1. The van der Waals surface area contributed by atoms with Crippen LogP contribution in [0, 0.1) is 11.3 Å². The van der Waals surface area contributed by atoms with Gasteiger partial charge >= 0.3 is 6.09 Å². The number of nitrogens with zero attached hydrogens (tertiary/aromatic N) is 4. The van der Waals surface area contributed by atoms with Gasteiger partial charge in [0, 0.05) is 25.7 Å². The fourth-order valence-electron chi connectivity index (χ4n) is 5.75. The lowest BCUT2D eigenvalue weighted by Gasteiger charge is -2.39. The van der Waals surface area contributed by atoms with Crippen molar-refractivity contribution in [3.05, 3.63) is 29.8 Å². The van der Waals surface area contributed by atoms with Crippen molar-refractivity contribution in [2.24, 2.45) is 5.14 Å². The minimum Gasteiger partial charge on any atom is -0.444 e. The summed E-state index contributed by atoms with van der Waals surface area (Å²) < 4.78 is 29.0. The Balaban J connectivity index is 1.50. The fraction of sp³-hybridized carbons (Fsp3) is 0.615. The van der Waals surface area contributed by atoms with Crippen molar-refractivity contribution in [3.63, 3.8) is 0 Å². The number of primary sulfonamides is 1. The van der Waals surface area contributed by atoms with Crippen LogP contribution in [0.15, 0.2) is 29.2 Å². The molecule has 1 aromatic rings. The molecule has 4 rings (SSSR count). The third-order valence-electron chi connectivity index (χ3n) is 7.49. The summed E-state index contributed by atoms with van der Waals surface area (Å²) in [6, 6.07) is 5.86. The number of nitriles is 1. The van der Waals surface area contributed by atoms with E-state index in [2.05, 4.69) is 11.4 Å². The van der Waals surface area contributed by atoms with Crippen LogP contribution in [-0.2, 0) is 24.3 Å². The third-order valence-corrected chi connectivity index (χ3v) is 8.40. The number of ether oxygens (including phenoxy) is 1. The minimum absolute atomic E-state index is 0.0163. The number of hydrogen-bond acceptors (Lipinski definition) is 8. The molecule has 39 heavy (non-hydrogen) atoms. The summed E-state index contributed by atoms with van der Waals surface area (Å²) in [6.07, 6.45) is 1.09. The lowest BCUT2D eigenvalue weighted by Crippen LogP contribution is -2.59. The first-order valence-corrected chi connectivity index (χ1v) is 14.6. The second-order valence-electron chi connectivity index (χ2n) is 11.4. The lowest BCUT2D eigenvalue weighted by atomic mass is 10.1. The number of hydrogen-bond donors (Lipinski definition) is 2. The molecule has 3 amide bonds. The zero-order valence-corrected chi connectivity index (χ0v) is 23.5. The van der Waals surface area contributed by atoms with Crippen LogP contribution in [0.5, 0.6) is 0 Å². The second kappa shape index (κ2) is 10.7. The molecule has 0 radical (unpaired) electrons. The molecule has 3 aliphatic heterocycles. The topological polar surface area (TPSA) is 166 Å². The number of amides is 3. The Morgan fingerprint density at radius 1 is 1.31 bits per heavy atom. The van der Waals surface area contributed by atoms with Gasteiger partial charge in [-0.1, -0.05) is 12.1 Å². The first kappa shape index (κ1) is 28.8. The molecule has 3 aliphatic rings. The van der Waals surface area contributed by atoms with Gasteiger partial charge in [-0.2, -0.15) is 5.26 Å². The highest BCUT2D eigenvalue weighted by molar-refractivity contribution is 7.89. The van der Waals surface area contributed by atoms with E-state index in [-0.39, 0.29) is 35.3 Å². The SMILES string of the molecule is C[C@@H](c1cccc(S(N)(=O)=O)c1)N1C(=O)[C@@H]2C[C@H]1CN2C[C@H](NC(=O)OC(C)(C)C)C(=O)N1CCC[C@H]1C#N. The van der Waals surface area contributed by atoms with E-state index in [0.29, 0.717) is 37.9 Å². The van der Waals surface area contributed by atoms with Gasteiger partial charge in [0.05, 0.1) is 23.0 Å². The molecule has 12 nitrogen and oxygen atoms in total. The van der Waals surface area contributed by atoms with Gasteiger partial charge in [-0.25, -0.2) is 18.4 Å². The zero-order valence-electron chi connectivity index (χ0n) is 22.7. The summed E-state index contributed by atoms with van der Waals surface area (Å²) in [6.45, 7) is 8.03. The van der Waals surface area contributed by atoms with Gasteiger partial charge in [-0.3, -0.25) is 14.5 Å². The maximum Gasteiger partial charge on any atom is 0.408 e. The van der Waals surface area contributed by atoms with Crippen LogP contribution >= 0.6 is 0 Å². The highest BCUT2D eigenvalue weighted by Crippen LogP contribution is 2.38. The number of nitrogens with one attached hydrogen (secondary N) is 1. The molecule has 1 aromatic carbocycles. The van der Waals surface area contributed by atoms with Crippen LogP contribution in [0.3, 0.4) is 0 Å². The molecule has 0 saturated carbocycles. The lowest BCUT2D eigenvalue weighted by molar-refractivity contribution is -0.141. The highest BCUT2D eigenvalue weighted by atomic mass is 32.2. The van der Waals surface area contributed by atoms with E-state index in [9.17, 15) is 28.1 Å². The second-order valence-corrected chi connectivity index (χ2v) is 13.0. The van der Waals surface area contributed by atoms with E-state index in [1.54, 1.807) is 37.8 Å². The smallest absolute Gasteiger partial charge is 0.408 e. The van der Waals surface area contributed by atoms with Crippen molar-refractivity contribution in [2.75, 3.05) is 19.6 Å². The van der Waals surface area contributed by atoms with Crippen LogP contribution in [0.2, 0.25) is 0 Å². The normalized spacial score (nSPS) is 24.9. The van der Waals surface area contributed by atoms with Crippen molar-refractivity contribution in [2.45, 2.75) is 87.7 Å². The van der Waals surface area contributed by atoms with Crippen LogP contribution in [0.1, 0.15) is 58.6 Å². The Labute approximate surface area is 229 Å². The van der Waals surface area contributed by atoms with Crippen molar-refractivity contribution >= 4 is 27.9 Å². The van der Waals surface area contributed by atoms with E-state index in [0.717, 1.165) is 0 Å². The molecule has 3 heterocycles. The van der Waals surface area contributed by atoms with E-state index < -0.39 is 39.8 Å². The monoisotopic (exact) mass is 560 g/mol. The third kappa shape index (κ3) is 6.18. The summed E-state index contributed by atoms with van der Waals surface area (Å²) in [4.78, 5) is 44.7. The molecular weight excluding hydrogens is 524 g/mol. The van der Waals surface area contributed by atoms with Gasteiger partial charge < -0.3 is 19.9 Å². The Hall–Kier alpha value is -3.21. The molecule has 0 aliphatic carbocycles. The number of carbonyl (C=O) groups is 3. The van der Waals surface area contributed by atoms with Gasteiger partial charge in [0.15, 0.2) is 0 Å². The molecule has 2 bridgehead atoms. The molecule has 3 saturated heterocycles. The quantitative estimate of drug-likeness (QED) is 0.500. The number of sulfonamides is 1. The van der Waals surface area contributed by atoms with Gasteiger partial charge in [0.2, 0.25) is 21.8 Å². The predicted octanol–water partition coefficient (Wildman–Crippen LogP) is 1.09. The van der Waals surface area contributed by atoms with E-state index in [1.165, 1.54) is 17.0 Å². The molecule has 3 N–H and O–H groups in total. The molecule has 5 atom stereocenters. The Morgan fingerprint density at radius 2 is 2.03 bits per heavy atom. The maximum absolute atomic E-state index is 13.5. The van der Waals surface area contributed by atoms with Crippen molar-refractivity contribution in [1.29, 1.82) is 5.26 Å². The number of fused-ring (bicyclic) bond motifs is 2. The Bertz CT molecular complexity index is 1290. The van der Waals surface area contributed by atoms with Crippen LogP contribution < -0.4 is 10.5 Å². The minimum atomic E-state index is -3.88. The first-order valence-electron chi connectivity index (χ1n) is 13.1. The first-order chi connectivity index (χ1) is 18.2.